The number of hydrogen-bond donors (Lipinski definition) is 1. The van der Waals surface area contributed by atoms with E-state index in [4.69, 9.17) is 0 Å². The largest absolute Gasteiger partial charge is 0.367 e. The van der Waals surface area contributed by atoms with Crippen molar-refractivity contribution >= 4 is 21.5 Å². The Kier molecular flexibility index (Phi) is 9.83. The Labute approximate surface area is 262 Å². The first-order valence-corrected chi connectivity index (χ1v) is 16.6. The highest BCUT2D eigenvalue weighted by molar-refractivity contribution is 7.85. The summed E-state index contributed by atoms with van der Waals surface area (Å²) in [6, 6.07) is 43.3. The molecule has 0 aromatic heterocycles. The summed E-state index contributed by atoms with van der Waals surface area (Å²) in [6.45, 7) is 9.50. The van der Waals surface area contributed by atoms with Crippen LogP contribution in [0.2, 0.25) is 0 Å². The molecule has 5 aromatic carbocycles. The van der Waals surface area contributed by atoms with Crippen LogP contribution in [0.15, 0.2) is 132 Å². The van der Waals surface area contributed by atoms with E-state index in [1.807, 2.05) is 6.07 Å². The van der Waals surface area contributed by atoms with E-state index in [1.54, 1.807) is 6.07 Å². The van der Waals surface area contributed by atoms with Crippen LogP contribution in [-0.4, -0.2) is 26.1 Å². The smallest absolute Gasteiger partial charge is 0.294 e. The van der Waals surface area contributed by atoms with Crippen LogP contribution in [0.25, 0.3) is 0 Å². The molecular weight excluding hydrogens is 564 g/mol. The van der Waals surface area contributed by atoms with Gasteiger partial charge in [-0.2, -0.15) is 8.42 Å². The average Bonchev–Trinajstić information content (AvgIpc) is 3.04. The molecule has 0 amide bonds. The van der Waals surface area contributed by atoms with Gasteiger partial charge in [-0.05, 0) is 90.6 Å². The molecule has 0 saturated carbocycles. The van der Waals surface area contributed by atoms with Crippen LogP contribution >= 0.6 is 0 Å². The van der Waals surface area contributed by atoms with Gasteiger partial charge in [0.2, 0.25) is 0 Å². The van der Waals surface area contributed by atoms with E-state index in [-0.39, 0.29) is 10.8 Å². The Morgan fingerprint density at radius 3 is 1.64 bits per heavy atom. The van der Waals surface area contributed by atoms with Crippen LogP contribution in [0.5, 0.6) is 0 Å². The van der Waals surface area contributed by atoms with Crippen molar-refractivity contribution < 1.29 is 13.0 Å². The van der Waals surface area contributed by atoms with E-state index < -0.39 is 10.1 Å². The van der Waals surface area contributed by atoms with Crippen molar-refractivity contribution in [1.82, 2.24) is 0 Å². The van der Waals surface area contributed by atoms with Crippen molar-refractivity contribution in [3.05, 3.63) is 161 Å². The van der Waals surface area contributed by atoms with Gasteiger partial charge in [0.05, 0.1) is 4.90 Å². The summed E-state index contributed by atoms with van der Waals surface area (Å²) in [4.78, 5) is 4.49. The highest BCUT2D eigenvalue weighted by Crippen LogP contribution is 2.36. The van der Waals surface area contributed by atoms with Crippen LogP contribution in [0.3, 0.4) is 0 Å². The third kappa shape index (κ3) is 7.39. The molecule has 0 spiro atoms. The molecule has 0 bridgehead atoms. The van der Waals surface area contributed by atoms with Crippen molar-refractivity contribution in [3.8, 4) is 0 Å². The molecule has 0 aliphatic rings. The Morgan fingerprint density at radius 1 is 0.614 bits per heavy atom. The molecule has 1 atom stereocenters. The summed E-state index contributed by atoms with van der Waals surface area (Å²) in [7, 11) is -4.25. The molecule has 0 radical (unpaired) electrons. The van der Waals surface area contributed by atoms with Gasteiger partial charge in [-0.3, -0.25) is 4.55 Å². The topological polar surface area (TPSA) is 60.9 Å². The van der Waals surface area contributed by atoms with Crippen LogP contribution in [0.1, 0.15) is 53.1 Å². The van der Waals surface area contributed by atoms with Crippen molar-refractivity contribution in [1.29, 1.82) is 0 Å². The molecule has 1 unspecified atom stereocenters. The van der Waals surface area contributed by atoms with Crippen molar-refractivity contribution in [3.63, 3.8) is 0 Å². The molecule has 6 heteroatoms. The Morgan fingerprint density at radius 2 is 1.11 bits per heavy atom. The quantitative estimate of drug-likeness (QED) is 0.114. The molecule has 0 aliphatic carbocycles. The molecule has 0 heterocycles. The average molecular weight is 605 g/mol. The number of nitrogens with zero attached hydrogens (tertiary/aromatic N) is 2. The van der Waals surface area contributed by atoms with Crippen LogP contribution in [0.4, 0.5) is 11.4 Å². The predicted octanol–water partition coefficient (Wildman–Crippen LogP) is 8.47. The molecule has 5 aromatic rings. The number of aryl methyl sites for hydroxylation is 1. The second kappa shape index (κ2) is 13.9. The van der Waals surface area contributed by atoms with Gasteiger partial charge in [-0.1, -0.05) is 91.0 Å². The van der Waals surface area contributed by atoms with E-state index >= 15 is 0 Å². The van der Waals surface area contributed by atoms with E-state index in [0.29, 0.717) is 6.54 Å². The Balaban J connectivity index is 1.43. The first kappa shape index (κ1) is 31.0. The van der Waals surface area contributed by atoms with Crippen LogP contribution in [0, 0.1) is 6.92 Å². The maximum atomic E-state index is 11.7. The van der Waals surface area contributed by atoms with Crippen LogP contribution < -0.4 is 9.80 Å². The van der Waals surface area contributed by atoms with Crippen molar-refractivity contribution in [2.24, 2.45) is 0 Å². The lowest BCUT2D eigenvalue weighted by Crippen LogP contribution is -2.22. The highest BCUT2D eigenvalue weighted by Gasteiger charge is 2.20. The minimum atomic E-state index is -4.25. The lowest BCUT2D eigenvalue weighted by molar-refractivity contribution is 0.483. The van der Waals surface area contributed by atoms with Gasteiger partial charge in [0, 0.05) is 43.5 Å². The summed E-state index contributed by atoms with van der Waals surface area (Å²) < 4.78 is 32.8. The minimum absolute atomic E-state index is 0.0741. The summed E-state index contributed by atoms with van der Waals surface area (Å²) in [5.41, 5.74) is 9.33. The van der Waals surface area contributed by atoms with Gasteiger partial charge in [-0.15, -0.1) is 0 Å². The molecular formula is C38H40N2O3S. The Bertz CT molecular complexity index is 1770. The number of benzene rings is 5. The number of hydrogen-bond acceptors (Lipinski definition) is 4. The highest BCUT2D eigenvalue weighted by atomic mass is 32.2. The van der Waals surface area contributed by atoms with E-state index in [1.165, 1.54) is 45.6 Å². The number of anilines is 2. The maximum Gasteiger partial charge on any atom is 0.294 e. The fraction of sp³-hybridized carbons (Fsp3) is 0.211. The summed E-state index contributed by atoms with van der Waals surface area (Å²) in [5, 5.41) is 0. The van der Waals surface area contributed by atoms with E-state index in [0.717, 1.165) is 30.9 Å². The van der Waals surface area contributed by atoms with Crippen molar-refractivity contribution in [2.75, 3.05) is 22.9 Å². The van der Waals surface area contributed by atoms with Gasteiger partial charge >= 0.3 is 0 Å². The molecule has 5 rings (SSSR count). The van der Waals surface area contributed by atoms with Gasteiger partial charge in [0.25, 0.3) is 10.1 Å². The fourth-order valence-electron chi connectivity index (χ4n) is 5.82. The molecule has 226 valence electrons. The zero-order valence-electron chi connectivity index (χ0n) is 25.6. The lowest BCUT2D eigenvalue weighted by Gasteiger charge is -2.26. The van der Waals surface area contributed by atoms with E-state index in [9.17, 15) is 13.0 Å². The van der Waals surface area contributed by atoms with Gasteiger partial charge < -0.3 is 9.80 Å². The monoisotopic (exact) mass is 604 g/mol. The second-order valence-electron chi connectivity index (χ2n) is 11.1. The fourth-order valence-corrected chi connectivity index (χ4v) is 6.37. The van der Waals surface area contributed by atoms with Crippen LogP contribution in [-0.2, 0) is 23.2 Å². The standard InChI is InChI=1S/C38H40N2O3S/c1-4-39(27-30-13-7-6-8-14-30)34-22-18-32(19-23-34)38(37-17-10-9-12-29(37)3)33-20-24-35(25-21-33)40(5-2)28-31-15-11-16-36(26-31)44(41,42)43/h6-26,38H,4-5,27-28H2,1-3H3,(H,41,42,43). The minimum Gasteiger partial charge on any atom is -0.367 e. The van der Waals surface area contributed by atoms with Gasteiger partial charge in [-0.25, -0.2) is 0 Å². The van der Waals surface area contributed by atoms with Gasteiger partial charge in [0.15, 0.2) is 0 Å². The second-order valence-corrected chi connectivity index (χ2v) is 12.5. The maximum absolute atomic E-state index is 11.7. The first-order valence-electron chi connectivity index (χ1n) is 15.1. The van der Waals surface area contributed by atoms with Crippen molar-refractivity contribution in [2.45, 2.75) is 44.7 Å². The zero-order chi connectivity index (χ0) is 31.1. The molecule has 5 nitrogen and oxygen atoms in total. The predicted molar refractivity (Wildman–Crippen MR) is 181 cm³/mol. The summed E-state index contributed by atoms with van der Waals surface area (Å²) in [6.07, 6.45) is 0. The molecule has 44 heavy (non-hydrogen) atoms. The third-order valence-electron chi connectivity index (χ3n) is 8.23. The normalized spacial score (nSPS) is 12.1. The molecule has 0 saturated heterocycles. The summed E-state index contributed by atoms with van der Waals surface area (Å²) >= 11 is 0. The molecule has 0 aliphatic heterocycles. The van der Waals surface area contributed by atoms with Gasteiger partial charge in [0.1, 0.15) is 0 Å². The SMILES string of the molecule is CCN(Cc1ccccc1)c1ccc(C(c2ccc(N(CC)Cc3cccc(S(=O)(=O)O)c3)cc2)c2ccccc2C)cc1. The zero-order valence-corrected chi connectivity index (χ0v) is 26.4. The lowest BCUT2D eigenvalue weighted by atomic mass is 9.83. The molecule has 0 fully saturated rings. The third-order valence-corrected chi connectivity index (χ3v) is 9.08. The Hall–Kier alpha value is -4.39. The van der Waals surface area contributed by atoms with E-state index in [2.05, 4.69) is 134 Å². The summed E-state index contributed by atoms with van der Waals surface area (Å²) in [5.74, 6) is 0.0741. The molecule has 1 N–H and O–H groups in total. The number of rotatable bonds is 12. The first-order chi connectivity index (χ1) is 21.3.